The third kappa shape index (κ3) is 11.2. The van der Waals surface area contributed by atoms with E-state index in [0.717, 1.165) is 25.7 Å². The second kappa shape index (κ2) is 10.8. The quantitative estimate of drug-likeness (QED) is 0.304. The highest BCUT2D eigenvalue weighted by atomic mass is 16.4. The maximum atomic E-state index is 10.0. The Morgan fingerprint density at radius 2 is 1.44 bits per heavy atom. The molecule has 0 unspecified atom stereocenters. The van der Waals surface area contributed by atoms with Gasteiger partial charge in [-0.25, -0.2) is 5.16 Å². The Balaban J connectivity index is 3.86. The summed E-state index contributed by atoms with van der Waals surface area (Å²) in [6.07, 6.45) is 13.4. The number of nitrogens with one attached hydrogen (secondary N) is 1. The molecule has 0 aromatic carbocycles. The second-order valence-corrected chi connectivity index (χ2v) is 5.02. The van der Waals surface area contributed by atoms with Crippen LogP contribution in [0.1, 0.15) is 59.8 Å². The number of hydrogen-bond acceptors (Lipinski definition) is 1. The molecule has 0 fully saturated rings. The van der Waals surface area contributed by atoms with E-state index in [9.17, 15) is 5.21 Å². The topological polar surface area (TPSA) is 37.0 Å². The van der Waals surface area contributed by atoms with Crippen molar-refractivity contribution in [3.63, 3.8) is 0 Å². The first-order chi connectivity index (χ1) is 8.56. The monoisotopic (exact) mass is 249 g/mol. The second-order valence-electron chi connectivity index (χ2n) is 5.02. The van der Waals surface area contributed by atoms with Gasteiger partial charge in [0.15, 0.2) is 6.21 Å². The first-order valence-electron chi connectivity index (χ1n) is 6.70. The summed E-state index contributed by atoms with van der Waals surface area (Å²) >= 11 is 0. The van der Waals surface area contributed by atoms with Gasteiger partial charge in [0.2, 0.25) is 0 Å². The zero-order chi connectivity index (χ0) is 13.8. The molecule has 0 saturated heterocycles. The van der Waals surface area contributed by atoms with Gasteiger partial charge in [-0.15, -0.1) is 0 Å². The van der Waals surface area contributed by atoms with Crippen molar-refractivity contribution >= 4 is 6.21 Å². The lowest BCUT2D eigenvalue weighted by Gasteiger charge is -2.00. The van der Waals surface area contributed by atoms with E-state index in [1.54, 1.807) is 5.16 Å². The van der Waals surface area contributed by atoms with Gasteiger partial charge < -0.3 is 5.21 Å². The standard InChI is InChI=1S/C16H27NO/c1-14(2)8-5-9-15(3)10-6-11-16(4)12-7-13-17-18/h8,10,12-13,17H,5-7,9,11H2,1-4H3. The van der Waals surface area contributed by atoms with E-state index in [-0.39, 0.29) is 0 Å². The molecule has 18 heavy (non-hydrogen) atoms. The van der Waals surface area contributed by atoms with E-state index >= 15 is 0 Å². The molecule has 0 bridgehead atoms. The average molecular weight is 249 g/mol. The molecule has 0 heterocycles. The van der Waals surface area contributed by atoms with Crippen molar-refractivity contribution in [2.75, 3.05) is 0 Å². The van der Waals surface area contributed by atoms with Crippen molar-refractivity contribution in [3.05, 3.63) is 40.2 Å². The third-order valence-electron chi connectivity index (χ3n) is 2.79. The average Bonchev–Trinajstić information content (AvgIpc) is 2.29. The van der Waals surface area contributed by atoms with E-state index in [2.05, 4.69) is 45.9 Å². The smallest absolute Gasteiger partial charge is 0.152 e. The molecule has 0 radical (unpaired) electrons. The van der Waals surface area contributed by atoms with Gasteiger partial charge in [0.25, 0.3) is 0 Å². The zero-order valence-electron chi connectivity index (χ0n) is 12.3. The summed E-state index contributed by atoms with van der Waals surface area (Å²) in [5.74, 6) is 0. The summed E-state index contributed by atoms with van der Waals surface area (Å²) in [5, 5.41) is 11.8. The Morgan fingerprint density at radius 1 is 0.889 bits per heavy atom. The molecule has 0 rings (SSSR count). The van der Waals surface area contributed by atoms with Gasteiger partial charge in [-0.1, -0.05) is 34.9 Å². The van der Waals surface area contributed by atoms with Crippen molar-refractivity contribution in [1.82, 2.24) is 0 Å². The summed E-state index contributed by atoms with van der Waals surface area (Å²) < 4.78 is 0. The van der Waals surface area contributed by atoms with Crippen LogP contribution in [-0.4, -0.2) is 6.21 Å². The van der Waals surface area contributed by atoms with Crippen molar-refractivity contribution in [3.8, 4) is 0 Å². The van der Waals surface area contributed by atoms with Crippen molar-refractivity contribution < 1.29 is 5.16 Å². The van der Waals surface area contributed by atoms with Crippen molar-refractivity contribution in [2.24, 2.45) is 0 Å². The van der Waals surface area contributed by atoms with Crippen LogP contribution in [-0.2, 0) is 0 Å². The minimum absolute atomic E-state index is 0.707. The van der Waals surface area contributed by atoms with Crippen LogP contribution in [0.4, 0.5) is 0 Å². The highest BCUT2D eigenvalue weighted by molar-refractivity contribution is 5.52. The summed E-state index contributed by atoms with van der Waals surface area (Å²) in [6.45, 7) is 8.60. The highest BCUT2D eigenvalue weighted by Crippen LogP contribution is 2.11. The minimum atomic E-state index is 0.707. The molecule has 0 aliphatic rings. The van der Waals surface area contributed by atoms with Gasteiger partial charge in [-0.3, -0.25) is 0 Å². The van der Waals surface area contributed by atoms with Crippen LogP contribution in [0.25, 0.3) is 0 Å². The Hall–Kier alpha value is -1.31. The van der Waals surface area contributed by atoms with Gasteiger partial charge in [-0.05, 0) is 53.4 Å². The van der Waals surface area contributed by atoms with Gasteiger partial charge in [0.05, 0.1) is 0 Å². The van der Waals surface area contributed by atoms with Crippen LogP contribution in [0.3, 0.4) is 0 Å². The molecule has 0 atom stereocenters. The number of rotatable bonds is 8. The minimum Gasteiger partial charge on any atom is -0.626 e. The van der Waals surface area contributed by atoms with E-state index in [4.69, 9.17) is 0 Å². The molecule has 0 aliphatic heterocycles. The Labute approximate surface area is 112 Å². The predicted octanol–water partition coefficient (Wildman–Crippen LogP) is 3.44. The Bertz CT molecular complexity index is 331. The molecular weight excluding hydrogens is 222 g/mol. The molecule has 1 N–H and O–H groups in total. The largest absolute Gasteiger partial charge is 0.626 e. The van der Waals surface area contributed by atoms with E-state index < -0.39 is 0 Å². The van der Waals surface area contributed by atoms with Gasteiger partial charge in [0, 0.05) is 6.42 Å². The molecular formula is C16H27NO. The maximum Gasteiger partial charge on any atom is 0.152 e. The lowest BCUT2D eigenvalue weighted by molar-refractivity contribution is -0.368. The Morgan fingerprint density at radius 3 is 2.00 bits per heavy atom. The van der Waals surface area contributed by atoms with Gasteiger partial charge >= 0.3 is 0 Å². The lowest BCUT2D eigenvalue weighted by atomic mass is 10.1. The summed E-state index contributed by atoms with van der Waals surface area (Å²) in [5.41, 5.74) is 4.20. The van der Waals surface area contributed by atoms with Crippen LogP contribution in [0.15, 0.2) is 34.9 Å². The van der Waals surface area contributed by atoms with Gasteiger partial charge in [-0.2, -0.15) is 0 Å². The molecule has 0 saturated carbocycles. The normalized spacial score (nSPS) is 13.1. The lowest BCUT2D eigenvalue weighted by Crippen LogP contribution is -2.59. The third-order valence-corrected chi connectivity index (χ3v) is 2.79. The van der Waals surface area contributed by atoms with Gasteiger partial charge in [0.1, 0.15) is 0 Å². The molecule has 0 aliphatic carbocycles. The molecule has 102 valence electrons. The maximum absolute atomic E-state index is 10.0. The molecule has 0 aromatic heterocycles. The predicted molar refractivity (Wildman–Crippen MR) is 80.4 cm³/mol. The molecule has 2 nitrogen and oxygen atoms in total. The molecule has 0 aromatic rings. The van der Waals surface area contributed by atoms with Crippen LogP contribution < -0.4 is 5.16 Å². The Kier molecular flexibility index (Phi) is 10.0. The number of hydrogen-bond donors (Lipinski definition) is 1. The van der Waals surface area contributed by atoms with Crippen LogP contribution in [0.2, 0.25) is 0 Å². The molecule has 2 heteroatoms. The highest BCUT2D eigenvalue weighted by Gasteiger charge is 1.91. The van der Waals surface area contributed by atoms with E-state index in [1.165, 1.54) is 22.9 Å². The first kappa shape index (κ1) is 16.7. The van der Waals surface area contributed by atoms with E-state index in [1.807, 2.05) is 0 Å². The van der Waals surface area contributed by atoms with Crippen LogP contribution in [0, 0.1) is 5.21 Å². The fourth-order valence-electron chi connectivity index (χ4n) is 1.65. The SMILES string of the molecule is CC(C)=CCCC(C)=CCCC(C)=CCC=[NH+][O-]. The number of allylic oxidation sites excluding steroid dienone is 6. The molecule has 0 spiro atoms. The zero-order valence-corrected chi connectivity index (χ0v) is 12.3. The van der Waals surface area contributed by atoms with Crippen molar-refractivity contribution in [1.29, 1.82) is 0 Å². The fraction of sp³-hybridized carbons (Fsp3) is 0.562. The fourth-order valence-corrected chi connectivity index (χ4v) is 1.65. The summed E-state index contributed by atoms with van der Waals surface area (Å²) in [4.78, 5) is 0. The van der Waals surface area contributed by atoms with Crippen LogP contribution in [0.5, 0.6) is 0 Å². The first-order valence-corrected chi connectivity index (χ1v) is 6.70. The van der Waals surface area contributed by atoms with Crippen molar-refractivity contribution in [2.45, 2.75) is 59.8 Å². The van der Waals surface area contributed by atoms with E-state index in [0.29, 0.717) is 6.42 Å². The molecule has 0 amide bonds. The van der Waals surface area contributed by atoms with Crippen LogP contribution >= 0.6 is 0 Å². The summed E-state index contributed by atoms with van der Waals surface area (Å²) in [6, 6.07) is 0. The summed E-state index contributed by atoms with van der Waals surface area (Å²) in [7, 11) is 0.